The average Bonchev–Trinajstić information content (AvgIpc) is 2.73. The summed E-state index contributed by atoms with van der Waals surface area (Å²) in [6.45, 7) is 1.93. The fraction of sp³-hybridized carbons (Fsp3) is 0.167. The molecule has 0 aliphatic carbocycles. The number of carboxylic acid groups (broad SMARTS) is 1. The van der Waals surface area contributed by atoms with Gasteiger partial charge in [-0.25, -0.2) is 9.18 Å². The Bertz CT molecular complexity index is 580. The highest BCUT2D eigenvalue weighted by Crippen LogP contribution is 2.20. The van der Waals surface area contributed by atoms with Gasteiger partial charge in [0.2, 0.25) is 0 Å². The summed E-state index contributed by atoms with van der Waals surface area (Å²) in [5.41, 5.74) is 0.532. The number of aromatic carboxylic acids is 1. The van der Waals surface area contributed by atoms with Crippen LogP contribution in [0.1, 0.15) is 21.8 Å². The number of anilines is 1. The first-order chi connectivity index (χ1) is 8.58. The van der Waals surface area contributed by atoms with E-state index < -0.39 is 11.8 Å². The Hall–Kier alpha value is -2.37. The van der Waals surface area contributed by atoms with E-state index >= 15 is 0 Å². The number of carboxylic acids is 1. The molecule has 0 aliphatic rings. The molecule has 18 heavy (non-hydrogen) atoms. The molecule has 0 unspecified atom stereocenters. The SMILES string of the molecule is Cc1cc(CNc2c(F)cccc2C(=O)O)on1. The molecular weight excluding hydrogens is 239 g/mol. The molecule has 0 spiro atoms. The lowest BCUT2D eigenvalue weighted by atomic mass is 10.1. The van der Waals surface area contributed by atoms with Gasteiger partial charge >= 0.3 is 5.97 Å². The summed E-state index contributed by atoms with van der Waals surface area (Å²) in [7, 11) is 0. The molecule has 2 aromatic rings. The van der Waals surface area contributed by atoms with Gasteiger partial charge in [-0.05, 0) is 19.1 Å². The molecule has 5 nitrogen and oxygen atoms in total. The van der Waals surface area contributed by atoms with E-state index in [0.29, 0.717) is 11.5 Å². The third kappa shape index (κ3) is 2.48. The lowest BCUT2D eigenvalue weighted by Crippen LogP contribution is -2.08. The van der Waals surface area contributed by atoms with Gasteiger partial charge in [0.25, 0.3) is 0 Å². The van der Waals surface area contributed by atoms with Crippen molar-refractivity contribution >= 4 is 11.7 Å². The van der Waals surface area contributed by atoms with Crippen LogP contribution in [0.15, 0.2) is 28.8 Å². The molecule has 0 fully saturated rings. The molecule has 0 amide bonds. The van der Waals surface area contributed by atoms with E-state index in [1.54, 1.807) is 13.0 Å². The van der Waals surface area contributed by atoms with Crippen LogP contribution in [0, 0.1) is 12.7 Å². The highest BCUT2D eigenvalue weighted by atomic mass is 19.1. The maximum Gasteiger partial charge on any atom is 0.337 e. The molecule has 1 aromatic heterocycles. The number of aryl methyl sites for hydroxylation is 1. The largest absolute Gasteiger partial charge is 0.478 e. The highest BCUT2D eigenvalue weighted by molar-refractivity contribution is 5.94. The maximum absolute atomic E-state index is 13.5. The highest BCUT2D eigenvalue weighted by Gasteiger charge is 2.14. The van der Waals surface area contributed by atoms with E-state index in [1.807, 2.05) is 0 Å². The first-order valence-electron chi connectivity index (χ1n) is 5.26. The van der Waals surface area contributed by atoms with Crippen LogP contribution >= 0.6 is 0 Å². The number of benzene rings is 1. The minimum atomic E-state index is -1.19. The number of hydrogen-bond acceptors (Lipinski definition) is 4. The molecule has 6 heteroatoms. The van der Waals surface area contributed by atoms with Crippen LogP contribution in [0.2, 0.25) is 0 Å². The fourth-order valence-corrected chi connectivity index (χ4v) is 1.56. The van der Waals surface area contributed by atoms with Crippen molar-refractivity contribution in [3.63, 3.8) is 0 Å². The molecule has 2 N–H and O–H groups in total. The van der Waals surface area contributed by atoms with Crippen LogP contribution in [0.3, 0.4) is 0 Å². The van der Waals surface area contributed by atoms with E-state index in [1.165, 1.54) is 18.2 Å². The molecule has 94 valence electrons. The van der Waals surface area contributed by atoms with E-state index in [9.17, 15) is 9.18 Å². The van der Waals surface area contributed by atoms with Crippen molar-refractivity contribution in [3.05, 3.63) is 47.1 Å². The monoisotopic (exact) mass is 250 g/mol. The number of hydrogen-bond donors (Lipinski definition) is 2. The van der Waals surface area contributed by atoms with Gasteiger partial charge in [-0.1, -0.05) is 11.2 Å². The molecule has 1 heterocycles. The molecule has 2 rings (SSSR count). The zero-order valence-electron chi connectivity index (χ0n) is 9.61. The summed E-state index contributed by atoms with van der Waals surface area (Å²) in [6, 6.07) is 5.57. The Kier molecular flexibility index (Phi) is 3.27. The van der Waals surface area contributed by atoms with Crippen molar-refractivity contribution in [2.45, 2.75) is 13.5 Å². The molecule has 0 saturated carbocycles. The first kappa shape index (κ1) is 12.1. The van der Waals surface area contributed by atoms with Gasteiger partial charge in [0, 0.05) is 6.07 Å². The zero-order valence-corrected chi connectivity index (χ0v) is 9.61. The van der Waals surface area contributed by atoms with E-state index in [0.717, 1.165) is 0 Å². The van der Waals surface area contributed by atoms with Crippen molar-refractivity contribution in [1.82, 2.24) is 5.16 Å². The van der Waals surface area contributed by atoms with Gasteiger partial charge in [-0.3, -0.25) is 0 Å². The first-order valence-corrected chi connectivity index (χ1v) is 5.26. The van der Waals surface area contributed by atoms with E-state index in [2.05, 4.69) is 10.5 Å². The topological polar surface area (TPSA) is 75.4 Å². The van der Waals surface area contributed by atoms with E-state index in [4.69, 9.17) is 9.63 Å². The Morgan fingerprint density at radius 2 is 2.33 bits per heavy atom. The van der Waals surface area contributed by atoms with Crippen LogP contribution < -0.4 is 5.32 Å². The van der Waals surface area contributed by atoms with Gasteiger partial charge in [-0.15, -0.1) is 0 Å². The second-order valence-electron chi connectivity index (χ2n) is 3.76. The van der Waals surface area contributed by atoms with Crippen LogP contribution in [0.5, 0.6) is 0 Å². The summed E-state index contributed by atoms with van der Waals surface area (Å²) >= 11 is 0. The Morgan fingerprint density at radius 1 is 1.56 bits per heavy atom. The van der Waals surface area contributed by atoms with Crippen molar-refractivity contribution in [1.29, 1.82) is 0 Å². The van der Waals surface area contributed by atoms with Gasteiger partial charge in [-0.2, -0.15) is 0 Å². The summed E-state index contributed by atoms with van der Waals surface area (Å²) < 4.78 is 18.5. The average molecular weight is 250 g/mol. The van der Waals surface area contributed by atoms with Gasteiger partial charge in [0.1, 0.15) is 5.82 Å². The van der Waals surface area contributed by atoms with Crippen molar-refractivity contribution in [2.75, 3.05) is 5.32 Å². The fourth-order valence-electron chi connectivity index (χ4n) is 1.56. The zero-order chi connectivity index (χ0) is 13.1. The lowest BCUT2D eigenvalue weighted by Gasteiger charge is -2.08. The predicted octanol–water partition coefficient (Wildman–Crippen LogP) is 2.43. The number of para-hydroxylation sites is 1. The number of rotatable bonds is 4. The normalized spacial score (nSPS) is 10.3. The molecular formula is C12H11FN2O3. The van der Waals surface area contributed by atoms with Gasteiger partial charge < -0.3 is 14.9 Å². The summed E-state index contributed by atoms with van der Waals surface area (Å²) in [6.07, 6.45) is 0. The maximum atomic E-state index is 13.5. The van der Waals surface area contributed by atoms with Crippen LogP contribution in [-0.4, -0.2) is 16.2 Å². The Labute approximate surface area is 102 Å². The molecule has 0 saturated heterocycles. The summed E-state index contributed by atoms with van der Waals surface area (Å²) in [5.74, 6) is -1.30. The Morgan fingerprint density at radius 3 is 2.94 bits per heavy atom. The standard InChI is InChI=1S/C12H11FN2O3/c1-7-5-8(18-15-7)6-14-11-9(12(16)17)3-2-4-10(11)13/h2-5,14H,6H2,1H3,(H,16,17). The number of halogens is 1. The number of aromatic nitrogens is 1. The van der Waals surface area contributed by atoms with Crippen molar-refractivity contribution in [2.24, 2.45) is 0 Å². The smallest absolute Gasteiger partial charge is 0.337 e. The minimum absolute atomic E-state index is 0.0564. The molecule has 0 radical (unpaired) electrons. The third-order valence-electron chi connectivity index (χ3n) is 2.36. The second kappa shape index (κ2) is 4.87. The van der Waals surface area contributed by atoms with Gasteiger partial charge in [0.05, 0.1) is 23.5 Å². The van der Waals surface area contributed by atoms with Crippen LogP contribution in [0.25, 0.3) is 0 Å². The number of nitrogens with zero attached hydrogens (tertiary/aromatic N) is 1. The molecule has 0 bridgehead atoms. The summed E-state index contributed by atoms with van der Waals surface area (Å²) in [5, 5.41) is 15.3. The quantitative estimate of drug-likeness (QED) is 0.871. The number of nitrogens with one attached hydrogen (secondary N) is 1. The molecule has 0 aliphatic heterocycles. The van der Waals surface area contributed by atoms with Crippen LogP contribution in [-0.2, 0) is 6.54 Å². The van der Waals surface area contributed by atoms with Crippen molar-refractivity contribution < 1.29 is 18.8 Å². The van der Waals surface area contributed by atoms with Crippen molar-refractivity contribution in [3.8, 4) is 0 Å². The number of carbonyl (C=O) groups is 1. The van der Waals surface area contributed by atoms with Crippen LogP contribution in [0.4, 0.5) is 10.1 Å². The molecule has 0 atom stereocenters. The minimum Gasteiger partial charge on any atom is -0.478 e. The van der Waals surface area contributed by atoms with E-state index in [-0.39, 0.29) is 17.8 Å². The third-order valence-corrected chi connectivity index (χ3v) is 2.36. The molecule has 1 aromatic carbocycles. The Balaban J connectivity index is 2.20. The summed E-state index contributed by atoms with van der Waals surface area (Å²) in [4.78, 5) is 10.9. The predicted molar refractivity (Wildman–Crippen MR) is 61.9 cm³/mol. The lowest BCUT2D eigenvalue weighted by molar-refractivity contribution is 0.0697. The second-order valence-corrected chi connectivity index (χ2v) is 3.76. The van der Waals surface area contributed by atoms with Gasteiger partial charge in [0.15, 0.2) is 5.76 Å².